The predicted molar refractivity (Wildman–Crippen MR) is 86.2 cm³/mol. The van der Waals surface area contributed by atoms with E-state index in [4.69, 9.17) is 0 Å². The number of fused-ring (bicyclic) bond motifs is 1. The van der Waals surface area contributed by atoms with Crippen LogP contribution in [0.4, 0.5) is 11.4 Å². The number of nitrogens with zero attached hydrogens (tertiary/aromatic N) is 2. The maximum atomic E-state index is 12.6. The molecule has 0 N–H and O–H groups in total. The van der Waals surface area contributed by atoms with Crippen molar-refractivity contribution in [3.63, 3.8) is 0 Å². The van der Waals surface area contributed by atoms with Gasteiger partial charge in [-0.05, 0) is 0 Å². The fraction of sp³-hybridized carbons (Fsp3) is 0.533. The molecule has 1 atom stereocenters. The number of nitro benzene ring substituents is 1. The number of hydrogen-bond donors (Lipinski definition) is 0. The number of benzene rings is 1. The summed E-state index contributed by atoms with van der Waals surface area (Å²) in [7, 11) is 0. The molecule has 6 heteroatoms. The summed E-state index contributed by atoms with van der Waals surface area (Å²) in [4.78, 5) is 25.1. The molecule has 2 rings (SSSR count). The van der Waals surface area contributed by atoms with Gasteiger partial charge in [0.05, 0.1) is 0 Å². The van der Waals surface area contributed by atoms with Crippen LogP contribution in [0.15, 0.2) is 12.1 Å². The first-order valence-electron chi connectivity index (χ1n) is 7.21. The van der Waals surface area contributed by atoms with Crippen molar-refractivity contribution in [1.29, 1.82) is 0 Å². The van der Waals surface area contributed by atoms with Crippen LogP contribution in [0, 0.1) is 10.1 Å². The van der Waals surface area contributed by atoms with Gasteiger partial charge in [0.15, 0.2) is 0 Å². The van der Waals surface area contributed by atoms with Crippen molar-refractivity contribution >= 4 is 38.5 Å². The number of amides is 1. The van der Waals surface area contributed by atoms with Crippen LogP contribution in [0.25, 0.3) is 0 Å². The van der Waals surface area contributed by atoms with Crippen molar-refractivity contribution in [3.8, 4) is 0 Å². The predicted octanol–water partition coefficient (Wildman–Crippen LogP) is 1.67. The van der Waals surface area contributed by atoms with Crippen molar-refractivity contribution in [1.82, 2.24) is 0 Å². The Morgan fingerprint density at radius 2 is 2.00 bits per heavy atom. The molecule has 1 unspecified atom stereocenters. The summed E-state index contributed by atoms with van der Waals surface area (Å²) in [5, 5.41) is 11.1. The topological polar surface area (TPSA) is 63.5 Å². The van der Waals surface area contributed by atoms with Gasteiger partial charge in [-0.25, -0.2) is 0 Å². The molecule has 0 fully saturated rings. The van der Waals surface area contributed by atoms with Gasteiger partial charge in [0.25, 0.3) is 0 Å². The number of hydrogen-bond acceptors (Lipinski definition) is 3. The Labute approximate surface area is 133 Å². The summed E-state index contributed by atoms with van der Waals surface area (Å²) in [6.07, 6.45) is 3.05. The molecule has 1 aliphatic rings. The minimum absolute atomic E-state index is 0.0426. The Kier molecular flexibility index (Phi) is 4.43. The van der Waals surface area contributed by atoms with Gasteiger partial charge in [0, 0.05) is 0 Å². The molecule has 21 heavy (non-hydrogen) atoms. The van der Waals surface area contributed by atoms with Gasteiger partial charge in [-0.1, -0.05) is 0 Å². The first-order valence-corrected chi connectivity index (χ1v) is 8.42. The Morgan fingerprint density at radius 1 is 1.33 bits per heavy atom. The van der Waals surface area contributed by atoms with Crippen LogP contribution < -0.4 is 9.25 Å². The van der Waals surface area contributed by atoms with E-state index in [1.54, 1.807) is 11.0 Å². The zero-order valence-corrected chi connectivity index (χ0v) is 15.1. The molecule has 1 heterocycles. The van der Waals surface area contributed by atoms with Gasteiger partial charge >= 0.3 is 133 Å². The summed E-state index contributed by atoms with van der Waals surface area (Å²) in [6, 6.07) is 3.40. The second kappa shape index (κ2) is 5.80. The average Bonchev–Trinajstić information content (AvgIpc) is 2.59. The Bertz CT molecular complexity index is 599. The SMILES string of the molecule is CCCCCN1C(=O)C(C)(C)c2cc([AsH2])c([N+](=O)[O-])cc21. The monoisotopic (exact) mass is 352 g/mol. The van der Waals surface area contributed by atoms with E-state index in [9.17, 15) is 14.9 Å². The van der Waals surface area contributed by atoms with Crippen LogP contribution in [0.2, 0.25) is 0 Å². The van der Waals surface area contributed by atoms with E-state index < -0.39 is 5.41 Å². The third kappa shape index (κ3) is 2.71. The van der Waals surface area contributed by atoms with Gasteiger partial charge in [-0.15, -0.1) is 0 Å². The Hall–Kier alpha value is -1.35. The van der Waals surface area contributed by atoms with Crippen LogP contribution in [-0.2, 0) is 10.2 Å². The molecule has 0 saturated heterocycles. The molecule has 0 saturated carbocycles. The molecule has 5 nitrogen and oxygen atoms in total. The maximum absolute atomic E-state index is 12.6. The van der Waals surface area contributed by atoms with E-state index in [1.807, 2.05) is 19.9 Å². The van der Waals surface area contributed by atoms with Crippen molar-refractivity contribution < 1.29 is 9.72 Å². The van der Waals surface area contributed by atoms with Crippen LogP contribution in [-0.4, -0.2) is 34.2 Å². The molecule has 0 aromatic heterocycles. The zero-order chi connectivity index (χ0) is 15.8. The first kappa shape index (κ1) is 16.0. The van der Waals surface area contributed by atoms with E-state index in [0.717, 1.165) is 24.8 Å². The molecule has 1 aromatic rings. The fourth-order valence-corrected chi connectivity index (χ4v) is 3.53. The molecule has 1 amide bonds. The van der Waals surface area contributed by atoms with Gasteiger partial charge in [-0.2, -0.15) is 0 Å². The molecular formula is C15H21AsN2O3. The number of anilines is 1. The number of carbonyl (C=O) groups is 1. The van der Waals surface area contributed by atoms with E-state index in [-0.39, 0.29) is 16.5 Å². The van der Waals surface area contributed by atoms with E-state index in [2.05, 4.69) is 6.92 Å². The second-order valence-corrected chi connectivity index (χ2v) is 7.28. The third-order valence-corrected chi connectivity index (χ3v) is 5.04. The molecule has 0 spiro atoms. The number of nitro groups is 1. The van der Waals surface area contributed by atoms with Crippen LogP contribution in [0.1, 0.15) is 45.6 Å². The van der Waals surface area contributed by atoms with Gasteiger partial charge in [0.1, 0.15) is 0 Å². The molecular weight excluding hydrogens is 331 g/mol. The van der Waals surface area contributed by atoms with E-state index in [1.165, 1.54) is 16.9 Å². The molecule has 0 radical (unpaired) electrons. The Balaban J connectivity index is 2.48. The van der Waals surface area contributed by atoms with E-state index >= 15 is 0 Å². The van der Waals surface area contributed by atoms with Crippen LogP contribution in [0.5, 0.6) is 0 Å². The Morgan fingerprint density at radius 3 is 2.57 bits per heavy atom. The third-order valence-electron chi connectivity index (χ3n) is 4.07. The normalized spacial score (nSPS) is 16.2. The summed E-state index contributed by atoms with van der Waals surface area (Å²) >= 11 is 1.22. The van der Waals surface area contributed by atoms with Gasteiger partial charge in [0.2, 0.25) is 0 Å². The quantitative estimate of drug-likeness (QED) is 0.350. The molecule has 0 aliphatic carbocycles. The van der Waals surface area contributed by atoms with Crippen molar-refractivity contribution in [2.24, 2.45) is 0 Å². The molecule has 114 valence electrons. The number of rotatable bonds is 5. The fourth-order valence-electron chi connectivity index (χ4n) is 2.78. The second-order valence-electron chi connectivity index (χ2n) is 5.97. The zero-order valence-electron chi connectivity index (χ0n) is 12.7. The standard InChI is InChI=1S/C15H21AsN2O3/c1-4-5-6-7-17-12-9-13(18(20)21)11(16)8-10(12)15(2,3)14(17)19/h8-9H,4-7,16H2,1-3H3. The summed E-state index contributed by atoms with van der Waals surface area (Å²) < 4.78 is 0.669. The van der Waals surface area contributed by atoms with Gasteiger partial charge in [-0.3, -0.25) is 0 Å². The summed E-state index contributed by atoms with van der Waals surface area (Å²) in [6.45, 7) is 6.53. The van der Waals surface area contributed by atoms with Crippen molar-refractivity contribution in [3.05, 3.63) is 27.8 Å². The molecule has 1 aromatic carbocycles. The first-order chi connectivity index (χ1) is 9.80. The van der Waals surface area contributed by atoms with Crippen LogP contribution >= 0.6 is 0 Å². The van der Waals surface area contributed by atoms with E-state index in [0.29, 0.717) is 16.6 Å². The van der Waals surface area contributed by atoms with Crippen molar-refractivity contribution in [2.75, 3.05) is 11.4 Å². The summed E-state index contributed by atoms with van der Waals surface area (Å²) in [5.74, 6) is 0.0426. The molecule has 1 aliphatic heterocycles. The summed E-state index contributed by atoms with van der Waals surface area (Å²) in [5.41, 5.74) is 1.14. The number of unbranched alkanes of at least 4 members (excludes halogenated alkanes) is 2. The van der Waals surface area contributed by atoms with Gasteiger partial charge < -0.3 is 0 Å². The minimum atomic E-state index is -0.600. The van der Waals surface area contributed by atoms with Crippen LogP contribution in [0.3, 0.4) is 0 Å². The average molecular weight is 352 g/mol. The number of carbonyl (C=O) groups excluding carboxylic acids is 1. The molecule has 0 bridgehead atoms. The van der Waals surface area contributed by atoms with Crippen molar-refractivity contribution in [2.45, 2.75) is 45.4 Å².